The van der Waals surface area contributed by atoms with Crippen molar-refractivity contribution in [1.82, 2.24) is 10.2 Å². The van der Waals surface area contributed by atoms with Gasteiger partial charge in [-0.2, -0.15) is 0 Å². The van der Waals surface area contributed by atoms with E-state index in [9.17, 15) is 22.4 Å². The van der Waals surface area contributed by atoms with E-state index in [1.165, 1.54) is 17.0 Å². The Kier molecular flexibility index (Phi) is 9.90. The average Bonchev–Trinajstić information content (AvgIpc) is 2.84. The predicted molar refractivity (Wildman–Crippen MR) is 142 cm³/mol. The fraction of sp³-hybridized carbons (Fsp3) is 0.462. The van der Waals surface area contributed by atoms with Gasteiger partial charge in [-0.25, -0.2) is 12.8 Å². The Bertz CT molecular complexity index is 1140. The molecule has 1 saturated carbocycles. The lowest BCUT2D eigenvalue weighted by molar-refractivity contribution is -0.140. The summed E-state index contributed by atoms with van der Waals surface area (Å²) in [5, 5.41) is 3.09. The van der Waals surface area contributed by atoms with E-state index in [1.54, 1.807) is 36.4 Å². The minimum atomic E-state index is -3.79. The Morgan fingerprint density at radius 3 is 2.22 bits per heavy atom. The number of nitrogens with one attached hydrogen (secondary N) is 1. The highest BCUT2D eigenvalue weighted by atomic mass is 79.9. The molecule has 0 unspecified atom stereocenters. The summed E-state index contributed by atoms with van der Waals surface area (Å²) in [6.45, 7) is 1.40. The van der Waals surface area contributed by atoms with Crippen molar-refractivity contribution in [1.29, 1.82) is 0 Å². The first-order chi connectivity index (χ1) is 17.1. The number of amides is 2. The molecule has 196 valence electrons. The van der Waals surface area contributed by atoms with Gasteiger partial charge in [0.15, 0.2) is 0 Å². The third-order valence-electron chi connectivity index (χ3n) is 6.40. The topological polar surface area (TPSA) is 86.8 Å². The molecule has 0 heterocycles. The molecule has 2 amide bonds. The molecule has 0 radical (unpaired) electrons. The van der Waals surface area contributed by atoms with E-state index in [1.807, 2.05) is 6.92 Å². The summed E-state index contributed by atoms with van der Waals surface area (Å²) in [5.74, 6) is -1.18. The molecule has 0 spiro atoms. The number of benzene rings is 2. The van der Waals surface area contributed by atoms with Crippen molar-refractivity contribution in [3.05, 3.63) is 64.4 Å². The molecule has 10 heteroatoms. The summed E-state index contributed by atoms with van der Waals surface area (Å²) in [6, 6.07) is 11.6. The minimum Gasteiger partial charge on any atom is -0.352 e. The minimum absolute atomic E-state index is 0.0493. The normalized spacial score (nSPS) is 15.2. The molecule has 1 N–H and O–H groups in total. The average molecular weight is 583 g/mol. The number of sulfonamides is 1. The first-order valence-electron chi connectivity index (χ1n) is 12.2. The molecule has 1 aliphatic carbocycles. The van der Waals surface area contributed by atoms with Crippen LogP contribution in [-0.4, -0.2) is 50.0 Å². The van der Waals surface area contributed by atoms with Crippen LogP contribution in [0.5, 0.6) is 0 Å². The van der Waals surface area contributed by atoms with Gasteiger partial charge in [-0.05, 0) is 61.2 Å². The Morgan fingerprint density at radius 1 is 1.06 bits per heavy atom. The van der Waals surface area contributed by atoms with Crippen molar-refractivity contribution in [3.63, 3.8) is 0 Å². The molecular weight excluding hydrogens is 549 g/mol. The van der Waals surface area contributed by atoms with Crippen LogP contribution in [0.1, 0.15) is 51.0 Å². The molecule has 0 bridgehead atoms. The van der Waals surface area contributed by atoms with Gasteiger partial charge in [0.1, 0.15) is 18.4 Å². The van der Waals surface area contributed by atoms with E-state index in [4.69, 9.17) is 0 Å². The molecule has 2 aromatic rings. The molecule has 0 saturated heterocycles. The third kappa shape index (κ3) is 7.77. The highest BCUT2D eigenvalue weighted by Crippen LogP contribution is 2.23. The molecule has 1 atom stereocenters. The van der Waals surface area contributed by atoms with E-state index < -0.39 is 34.3 Å². The molecule has 0 aliphatic heterocycles. The number of anilines is 1. The lowest BCUT2D eigenvalue weighted by Crippen LogP contribution is -2.53. The number of hydrogen-bond acceptors (Lipinski definition) is 4. The maximum Gasteiger partial charge on any atom is 0.244 e. The van der Waals surface area contributed by atoms with E-state index in [-0.39, 0.29) is 18.5 Å². The number of halogens is 2. The summed E-state index contributed by atoms with van der Waals surface area (Å²) in [4.78, 5) is 28.4. The number of carbonyl (C=O) groups excluding carboxylic acids is 2. The van der Waals surface area contributed by atoms with Crippen LogP contribution in [0.4, 0.5) is 10.1 Å². The van der Waals surface area contributed by atoms with Crippen molar-refractivity contribution >= 4 is 43.5 Å². The van der Waals surface area contributed by atoms with Crippen LogP contribution < -0.4 is 9.62 Å². The summed E-state index contributed by atoms with van der Waals surface area (Å²) in [6.07, 6.45) is 6.45. The lowest BCUT2D eigenvalue weighted by Gasteiger charge is -2.34. The molecule has 36 heavy (non-hydrogen) atoms. The summed E-state index contributed by atoms with van der Waals surface area (Å²) in [5.41, 5.74) is 0.985. The fourth-order valence-corrected chi connectivity index (χ4v) is 5.59. The second-order valence-electron chi connectivity index (χ2n) is 9.16. The zero-order valence-electron chi connectivity index (χ0n) is 20.6. The van der Waals surface area contributed by atoms with Crippen molar-refractivity contribution < 1.29 is 22.4 Å². The van der Waals surface area contributed by atoms with Crippen LogP contribution in [0.2, 0.25) is 0 Å². The third-order valence-corrected chi connectivity index (χ3v) is 8.07. The Balaban J connectivity index is 1.89. The van der Waals surface area contributed by atoms with Gasteiger partial charge in [0.05, 0.1) is 11.9 Å². The summed E-state index contributed by atoms with van der Waals surface area (Å²) >= 11 is 3.33. The van der Waals surface area contributed by atoms with E-state index in [0.717, 1.165) is 47.1 Å². The van der Waals surface area contributed by atoms with Gasteiger partial charge in [-0.3, -0.25) is 13.9 Å². The summed E-state index contributed by atoms with van der Waals surface area (Å²) < 4.78 is 40.6. The van der Waals surface area contributed by atoms with Crippen LogP contribution in [0.25, 0.3) is 0 Å². The molecule has 1 aliphatic rings. The molecule has 2 aromatic carbocycles. The zero-order chi connectivity index (χ0) is 26.3. The second-order valence-corrected chi connectivity index (χ2v) is 12.0. The zero-order valence-corrected chi connectivity index (χ0v) is 23.0. The van der Waals surface area contributed by atoms with Gasteiger partial charge in [-0.15, -0.1) is 0 Å². The van der Waals surface area contributed by atoms with Crippen LogP contribution in [0.3, 0.4) is 0 Å². The predicted octanol–water partition coefficient (Wildman–Crippen LogP) is 4.61. The van der Waals surface area contributed by atoms with Crippen LogP contribution in [-0.2, 0) is 26.2 Å². The largest absolute Gasteiger partial charge is 0.352 e. The van der Waals surface area contributed by atoms with Crippen LogP contribution in [0, 0.1) is 5.82 Å². The van der Waals surface area contributed by atoms with Gasteiger partial charge < -0.3 is 10.2 Å². The molecule has 7 nitrogen and oxygen atoms in total. The van der Waals surface area contributed by atoms with Gasteiger partial charge in [0, 0.05) is 17.1 Å². The first kappa shape index (κ1) is 28.1. The standard InChI is InChI=1S/C26H33BrFN3O4S/c1-3-24(26(33)29-22-7-5-4-6-8-22)30(17-19-9-13-21(28)14-10-19)25(32)18-31(36(2,34)35)23-15-11-20(27)12-16-23/h9-16,22,24H,3-8,17-18H2,1-2H3,(H,29,33)/t24-/m0/s1. The second kappa shape index (κ2) is 12.7. The highest BCUT2D eigenvalue weighted by Gasteiger charge is 2.32. The first-order valence-corrected chi connectivity index (χ1v) is 14.8. The van der Waals surface area contributed by atoms with Crippen LogP contribution >= 0.6 is 15.9 Å². The Hall–Kier alpha value is -2.46. The SMILES string of the molecule is CC[C@@H](C(=O)NC1CCCCC1)N(Cc1ccc(F)cc1)C(=O)CN(c1ccc(Br)cc1)S(C)(=O)=O. The fourth-order valence-electron chi connectivity index (χ4n) is 4.47. The van der Waals surface area contributed by atoms with E-state index in [0.29, 0.717) is 17.7 Å². The van der Waals surface area contributed by atoms with Crippen molar-refractivity contribution in [2.24, 2.45) is 0 Å². The van der Waals surface area contributed by atoms with E-state index >= 15 is 0 Å². The smallest absolute Gasteiger partial charge is 0.244 e. The quantitative estimate of drug-likeness (QED) is 0.444. The lowest BCUT2D eigenvalue weighted by atomic mass is 9.95. The highest BCUT2D eigenvalue weighted by molar-refractivity contribution is 9.10. The monoisotopic (exact) mass is 581 g/mol. The molecule has 0 aromatic heterocycles. The van der Waals surface area contributed by atoms with E-state index in [2.05, 4.69) is 21.2 Å². The molecular formula is C26H33BrFN3O4S. The van der Waals surface area contributed by atoms with Crippen LogP contribution in [0.15, 0.2) is 53.0 Å². The van der Waals surface area contributed by atoms with Crippen molar-refractivity contribution in [2.45, 2.75) is 64.1 Å². The Labute approximate surface area is 221 Å². The van der Waals surface area contributed by atoms with Gasteiger partial charge in [0.25, 0.3) is 0 Å². The maximum absolute atomic E-state index is 13.7. The molecule has 1 fully saturated rings. The van der Waals surface area contributed by atoms with Gasteiger partial charge >= 0.3 is 0 Å². The number of carbonyl (C=O) groups is 2. The van der Waals surface area contributed by atoms with Gasteiger partial charge in [-0.1, -0.05) is 54.2 Å². The number of nitrogens with zero attached hydrogens (tertiary/aromatic N) is 2. The number of rotatable bonds is 10. The van der Waals surface area contributed by atoms with Crippen molar-refractivity contribution in [3.8, 4) is 0 Å². The Morgan fingerprint density at radius 2 is 1.67 bits per heavy atom. The summed E-state index contributed by atoms with van der Waals surface area (Å²) in [7, 11) is -3.79. The molecule has 3 rings (SSSR count). The van der Waals surface area contributed by atoms with Gasteiger partial charge in [0.2, 0.25) is 21.8 Å². The maximum atomic E-state index is 13.7. The number of hydrogen-bond donors (Lipinski definition) is 1. The van der Waals surface area contributed by atoms with Crippen molar-refractivity contribution in [2.75, 3.05) is 17.1 Å².